The highest BCUT2D eigenvalue weighted by Crippen LogP contribution is 2.34. The lowest BCUT2D eigenvalue weighted by molar-refractivity contribution is -0.147. The fraction of sp³-hybridized carbons (Fsp3) is 0.379. The fourth-order valence-corrected chi connectivity index (χ4v) is 5.03. The second-order valence-electron chi connectivity index (χ2n) is 11.8. The molecular formula is C29H35F3N10O. The molecule has 1 unspecified atom stereocenters. The van der Waals surface area contributed by atoms with Crippen molar-refractivity contribution in [2.45, 2.75) is 51.5 Å². The lowest BCUT2D eigenvalue weighted by Gasteiger charge is -2.30. The lowest BCUT2D eigenvalue weighted by atomic mass is 9.95. The third-order valence-electron chi connectivity index (χ3n) is 7.33. The summed E-state index contributed by atoms with van der Waals surface area (Å²) in [6.07, 6.45) is 4.23. The standard InChI is InChI=1S/C29H35F3N10O/c1-28(2,3)42(34)15-22(33)27(43)38-23-8-10-40(17-29(30,31)32)14-19-11-18(5-6-21(19)23)26-25-7-9-35-41(25)16-24(37-26)20-12-36-39(4)13-20/h5-7,9,11-13,15-16,23H,8,10,14,17,33-34H2,1-4H3,(H,38,43)/b22-15-. The van der Waals surface area contributed by atoms with E-state index in [9.17, 15) is 18.0 Å². The van der Waals surface area contributed by atoms with E-state index in [0.29, 0.717) is 28.1 Å². The maximum Gasteiger partial charge on any atom is 0.401 e. The largest absolute Gasteiger partial charge is 0.401 e. The first-order valence-electron chi connectivity index (χ1n) is 13.8. The van der Waals surface area contributed by atoms with Crippen LogP contribution in [0.5, 0.6) is 0 Å². The third-order valence-corrected chi connectivity index (χ3v) is 7.33. The number of amides is 1. The molecule has 1 aromatic carbocycles. The number of benzene rings is 1. The molecule has 3 aromatic heterocycles. The number of aromatic nitrogens is 5. The Labute approximate surface area is 246 Å². The molecule has 1 amide bonds. The van der Waals surface area contributed by atoms with Gasteiger partial charge in [-0.05, 0) is 50.5 Å². The molecule has 0 saturated heterocycles. The highest BCUT2D eigenvalue weighted by atomic mass is 19.4. The molecule has 5 N–H and O–H groups in total. The van der Waals surface area contributed by atoms with Crippen LogP contribution in [0.15, 0.2) is 60.9 Å². The van der Waals surface area contributed by atoms with Crippen LogP contribution < -0.4 is 16.9 Å². The van der Waals surface area contributed by atoms with Gasteiger partial charge in [0.2, 0.25) is 0 Å². The summed E-state index contributed by atoms with van der Waals surface area (Å²) >= 11 is 0. The van der Waals surface area contributed by atoms with E-state index >= 15 is 0 Å². The predicted octanol–water partition coefficient (Wildman–Crippen LogP) is 3.50. The molecule has 4 heterocycles. The smallest absolute Gasteiger partial charge is 0.393 e. The molecule has 1 aliphatic rings. The van der Waals surface area contributed by atoms with Gasteiger partial charge in [0.25, 0.3) is 5.91 Å². The Hall–Kier alpha value is -4.43. The molecule has 14 heteroatoms. The maximum absolute atomic E-state index is 13.5. The predicted molar refractivity (Wildman–Crippen MR) is 156 cm³/mol. The van der Waals surface area contributed by atoms with Crippen LogP contribution in [0, 0.1) is 0 Å². The Morgan fingerprint density at radius 1 is 1.16 bits per heavy atom. The van der Waals surface area contributed by atoms with E-state index in [1.54, 1.807) is 27.8 Å². The summed E-state index contributed by atoms with van der Waals surface area (Å²) in [6, 6.07) is 6.79. The minimum Gasteiger partial charge on any atom is -0.393 e. The van der Waals surface area contributed by atoms with Crippen LogP contribution in [0.25, 0.3) is 28.0 Å². The molecule has 4 aromatic rings. The van der Waals surface area contributed by atoms with Crippen molar-refractivity contribution in [3.8, 4) is 22.5 Å². The van der Waals surface area contributed by atoms with E-state index in [1.165, 1.54) is 16.1 Å². The minimum atomic E-state index is -4.38. The van der Waals surface area contributed by atoms with Gasteiger partial charge in [0, 0.05) is 49.2 Å². The van der Waals surface area contributed by atoms with Crippen molar-refractivity contribution in [1.29, 1.82) is 0 Å². The number of hydrogen-bond donors (Lipinski definition) is 3. The summed E-state index contributed by atoms with van der Waals surface area (Å²) < 4.78 is 43.9. The van der Waals surface area contributed by atoms with Crippen LogP contribution >= 0.6 is 0 Å². The number of nitrogens with two attached hydrogens (primary N) is 2. The van der Waals surface area contributed by atoms with Gasteiger partial charge in [-0.3, -0.25) is 14.4 Å². The molecule has 0 radical (unpaired) electrons. The van der Waals surface area contributed by atoms with Crippen molar-refractivity contribution < 1.29 is 18.0 Å². The number of halogens is 3. The zero-order valence-electron chi connectivity index (χ0n) is 24.4. The lowest BCUT2D eigenvalue weighted by Crippen LogP contribution is -2.44. The minimum absolute atomic E-state index is 0.0405. The van der Waals surface area contributed by atoms with Crippen LogP contribution in [0.2, 0.25) is 0 Å². The Kier molecular flexibility index (Phi) is 7.92. The van der Waals surface area contributed by atoms with Crippen LogP contribution in [-0.2, 0) is 18.4 Å². The van der Waals surface area contributed by atoms with Crippen LogP contribution in [-0.4, -0.2) is 65.0 Å². The molecule has 5 rings (SSSR count). The topological polar surface area (TPSA) is 136 Å². The summed E-state index contributed by atoms with van der Waals surface area (Å²) in [5.41, 5.74) is 10.3. The summed E-state index contributed by atoms with van der Waals surface area (Å²) in [5.74, 6) is 5.46. The van der Waals surface area contributed by atoms with Gasteiger partial charge in [0.1, 0.15) is 5.70 Å². The summed E-state index contributed by atoms with van der Waals surface area (Å²) in [4.78, 5) is 19.3. The molecule has 0 saturated carbocycles. The van der Waals surface area contributed by atoms with E-state index < -0.39 is 30.2 Å². The third kappa shape index (κ3) is 6.81. The molecule has 0 spiro atoms. The highest BCUT2D eigenvalue weighted by Gasteiger charge is 2.33. The van der Waals surface area contributed by atoms with Gasteiger partial charge >= 0.3 is 6.18 Å². The Morgan fingerprint density at radius 2 is 1.93 bits per heavy atom. The number of nitrogens with one attached hydrogen (secondary N) is 1. The quantitative estimate of drug-likeness (QED) is 0.175. The van der Waals surface area contributed by atoms with Crippen LogP contribution in [0.3, 0.4) is 0 Å². The Bertz CT molecular complexity index is 1670. The Morgan fingerprint density at radius 3 is 2.60 bits per heavy atom. The fourth-order valence-electron chi connectivity index (χ4n) is 5.03. The second kappa shape index (κ2) is 11.3. The van der Waals surface area contributed by atoms with Crippen molar-refractivity contribution in [2.24, 2.45) is 18.6 Å². The number of aryl methyl sites for hydroxylation is 1. The average Bonchev–Trinajstić information content (AvgIpc) is 3.54. The average molecular weight is 597 g/mol. The van der Waals surface area contributed by atoms with Crippen molar-refractivity contribution in [3.63, 3.8) is 0 Å². The molecule has 1 atom stereocenters. The van der Waals surface area contributed by atoms with Gasteiger partial charge in [-0.15, -0.1) is 0 Å². The molecule has 0 bridgehead atoms. The van der Waals surface area contributed by atoms with E-state index in [2.05, 4.69) is 15.5 Å². The number of alkyl halides is 3. The summed E-state index contributed by atoms with van der Waals surface area (Å²) in [7, 11) is 1.81. The number of rotatable bonds is 6. The zero-order chi connectivity index (χ0) is 31.1. The first kappa shape index (κ1) is 30.0. The molecule has 228 valence electrons. The molecule has 0 fully saturated rings. The van der Waals surface area contributed by atoms with Crippen molar-refractivity contribution in [1.82, 2.24) is 39.6 Å². The number of carbonyl (C=O) groups excluding carboxylic acids is 1. The van der Waals surface area contributed by atoms with Gasteiger partial charge in [0.15, 0.2) is 0 Å². The Balaban J connectivity index is 1.53. The van der Waals surface area contributed by atoms with Crippen LogP contribution in [0.4, 0.5) is 13.2 Å². The summed E-state index contributed by atoms with van der Waals surface area (Å²) in [6.45, 7) is 4.67. The number of nitrogens with zero attached hydrogens (tertiary/aromatic N) is 7. The molecule has 11 nitrogen and oxygen atoms in total. The first-order chi connectivity index (χ1) is 20.2. The second-order valence-corrected chi connectivity index (χ2v) is 11.8. The molecular weight excluding hydrogens is 561 g/mol. The SMILES string of the molecule is Cn1cc(-c2cn3nccc3c(-c3ccc4c(c3)CN(CC(F)(F)F)CCC4NC(=O)/C(N)=C/N(N)C(C)(C)C)n2)cn1. The molecule has 0 aliphatic carbocycles. The number of hydrogen-bond acceptors (Lipinski definition) is 8. The molecule has 1 aliphatic heterocycles. The monoisotopic (exact) mass is 596 g/mol. The van der Waals surface area contributed by atoms with Crippen molar-refractivity contribution in [3.05, 3.63) is 72.1 Å². The normalized spacial score (nSPS) is 16.7. The number of hydrazine groups is 1. The van der Waals surface area contributed by atoms with Crippen molar-refractivity contribution in [2.75, 3.05) is 13.1 Å². The highest BCUT2D eigenvalue weighted by molar-refractivity contribution is 5.92. The van der Waals surface area contributed by atoms with E-state index in [-0.39, 0.29) is 25.2 Å². The number of carbonyl (C=O) groups is 1. The summed E-state index contributed by atoms with van der Waals surface area (Å²) in [5, 5.41) is 12.9. The van der Waals surface area contributed by atoms with E-state index in [1.807, 2.05) is 58.3 Å². The van der Waals surface area contributed by atoms with Gasteiger partial charge in [-0.25, -0.2) is 15.3 Å². The van der Waals surface area contributed by atoms with Gasteiger partial charge in [0.05, 0.1) is 48.1 Å². The van der Waals surface area contributed by atoms with Gasteiger partial charge < -0.3 is 16.1 Å². The van der Waals surface area contributed by atoms with Gasteiger partial charge in [-0.2, -0.15) is 23.4 Å². The first-order valence-corrected chi connectivity index (χ1v) is 13.8. The van der Waals surface area contributed by atoms with E-state index in [4.69, 9.17) is 16.6 Å². The van der Waals surface area contributed by atoms with Crippen LogP contribution in [0.1, 0.15) is 44.4 Å². The van der Waals surface area contributed by atoms with Crippen molar-refractivity contribution >= 4 is 11.4 Å². The number of fused-ring (bicyclic) bond motifs is 2. The maximum atomic E-state index is 13.5. The molecule has 43 heavy (non-hydrogen) atoms. The van der Waals surface area contributed by atoms with E-state index in [0.717, 1.165) is 11.1 Å². The van der Waals surface area contributed by atoms with Gasteiger partial charge in [-0.1, -0.05) is 12.1 Å². The zero-order valence-corrected chi connectivity index (χ0v) is 24.4.